The van der Waals surface area contributed by atoms with E-state index < -0.39 is 12.0 Å². The maximum Gasteiger partial charge on any atom is 0.305 e. The van der Waals surface area contributed by atoms with E-state index in [1.54, 1.807) is 19.1 Å². The minimum Gasteiger partial charge on any atom is -0.481 e. The van der Waals surface area contributed by atoms with Gasteiger partial charge in [0, 0.05) is 16.1 Å². The van der Waals surface area contributed by atoms with Crippen LogP contribution in [0, 0.1) is 0 Å². The van der Waals surface area contributed by atoms with E-state index in [0.29, 0.717) is 5.56 Å². The van der Waals surface area contributed by atoms with Crippen molar-refractivity contribution < 1.29 is 14.7 Å². The Balaban J connectivity index is 2.18. The number of carboxylic acid groups (broad SMARTS) is 1. The number of nitrogens with one attached hydrogen (secondary N) is 1. The first kappa shape index (κ1) is 14.5. The summed E-state index contributed by atoms with van der Waals surface area (Å²) in [6.07, 6.45) is -0.0910. The minimum atomic E-state index is -0.929. The molecule has 0 spiro atoms. The second kappa shape index (κ2) is 6.05. The molecule has 2 aromatic rings. The lowest BCUT2D eigenvalue weighted by Gasteiger charge is -2.12. The van der Waals surface area contributed by atoms with Crippen LogP contribution in [0.25, 0.3) is 10.8 Å². The smallest absolute Gasteiger partial charge is 0.305 e. The van der Waals surface area contributed by atoms with Crippen LogP contribution in [0.5, 0.6) is 0 Å². The number of hydrogen-bond donors (Lipinski definition) is 2. The van der Waals surface area contributed by atoms with E-state index in [9.17, 15) is 9.59 Å². The SMILES string of the molecule is CC(CC(=O)O)NC(=O)c1ccc2cc(Br)ccc2c1. The molecule has 0 aliphatic carbocycles. The molecular formula is C15H14BrNO3. The predicted octanol–water partition coefficient (Wildman–Crippen LogP) is 3.20. The van der Waals surface area contributed by atoms with E-state index in [1.807, 2.05) is 24.3 Å². The summed E-state index contributed by atoms with van der Waals surface area (Å²) >= 11 is 3.40. The van der Waals surface area contributed by atoms with E-state index in [0.717, 1.165) is 15.2 Å². The molecule has 1 amide bonds. The normalized spacial score (nSPS) is 12.1. The minimum absolute atomic E-state index is 0.0910. The van der Waals surface area contributed by atoms with Crippen LogP contribution in [0.1, 0.15) is 23.7 Å². The molecule has 0 aliphatic rings. The maximum absolute atomic E-state index is 12.0. The summed E-state index contributed by atoms with van der Waals surface area (Å²) in [7, 11) is 0. The third-order valence-electron chi connectivity index (χ3n) is 2.92. The van der Waals surface area contributed by atoms with Crippen molar-refractivity contribution in [1.82, 2.24) is 5.32 Å². The lowest BCUT2D eigenvalue weighted by molar-refractivity contribution is -0.137. The first-order valence-electron chi connectivity index (χ1n) is 6.17. The number of benzene rings is 2. The summed E-state index contributed by atoms with van der Waals surface area (Å²) in [6, 6.07) is 10.8. The number of carbonyl (C=O) groups excluding carboxylic acids is 1. The van der Waals surface area contributed by atoms with E-state index in [1.165, 1.54) is 0 Å². The Hall–Kier alpha value is -1.88. The van der Waals surface area contributed by atoms with Crippen molar-refractivity contribution in [2.45, 2.75) is 19.4 Å². The first-order valence-corrected chi connectivity index (χ1v) is 6.97. The molecule has 1 unspecified atom stereocenters. The van der Waals surface area contributed by atoms with Gasteiger partial charge in [-0.15, -0.1) is 0 Å². The number of aliphatic carboxylic acids is 1. The molecule has 5 heteroatoms. The number of amides is 1. The molecule has 1 atom stereocenters. The molecule has 2 rings (SSSR count). The number of carbonyl (C=O) groups is 2. The summed E-state index contributed by atoms with van der Waals surface area (Å²) in [6.45, 7) is 1.67. The summed E-state index contributed by atoms with van der Waals surface area (Å²) in [5.41, 5.74) is 0.525. The van der Waals surface area contributed by atoms with Gasteiger partial charge in [0.2, 0.25) is 0 Å². The topological polar surface area (TPSA) is 66.4 Å². The maximum atomic E-state index is 12.0. The van der Waals surface area contributed by atoms with E-state index >= 15 is 0 Å². The number of carboxylic acids is 1. The Bertz CT molecular complexity index is 669. The van der Waals surface area contributed by atoms with Crippen LogP contribution in [-0.4, -0.2) is 23.0 Å². The molecule has 0 fully saturated rings. The van der Waals surface area contributed by atoms with Crippen LogP contribution in [0.15, 0.2) is 40.9 Å². The van der Waals surface area contributed by atoms with Crippen molar-refractivity contribution in [3.63, 3.8) is 0 Å². The largest absolute Gasteiger partial charge is 0.481 e. The molecule has 0 saturated heterocycles. The molecule has 4 nitrogen and oxygen atoms in total. The van der Waals surface area contributed by atoms with Crippen LogP contribution in [0.3, 0.4) is 0 Å². The molecule has 0 saturated carbocycles. The molecule has 0 aromatic heterocycles. The second-order valence-corrected chi connectivity index (χ2v) is 5.59. The molecule has 0 bridgehead atoms. The van der Waals surface area contributed by atoms with Gasteiger partial charge >= 0.3 is 5.97 Å². The monoisotopic (exact) mass is 335 g/mol. The highest BCUT2D eigenvalue weighted by atomic mass is 79.9. The van der Waals surface area contributed by atoms with Gasteiger partial charge in [-0.05, 0) is 42.0 Å². The van der Waals surface area contributed by atoms with Crippen LogP contribution >= 0.6 is 15.9 Å². The highest BCUT2D eigenvalue weighted by Gasteiger charge is 2.12. The Labute approximate surface area is 124 Å². The van der Waals surface area contributed by atoms with Gasteiger partial charge in [-0.2, -0.15) is 0 Å². The highest BCUT2D eigenvalue weighted by Crippen LogP contribution is 2.21. The molecule has 104 valence electrons. The molecule has 2 aromatic carbocycles. The summed E-state index contributed by atoms with van der Waals surface area (Å²) in [4.78, 5) is 22.6. The zero-order valence-corrected chi connectivity index (χ0v) is 12.5. The van der Waals surface area contributed by atoms with Crippen LogP contribution in [0.4, 0.5) is 0 Å². The summed E-state index contributed by atoms with van der Waals surface area (Å²) < 4.78 is 0.984. The third-order valence-corrected chi connectivity index (χ3v) is 3.42. The molecule has 20 heavy (non-hydrogen) atoms. The van der Waals surface area contributed by atoms with Crippen molar-refractivity contribution in [2.24, 2.45) is 0 Å². The van der Waals surface area contributed by atoms with Crippen molar-refractivity contribution in [1.29, 1.82) is 0 Å². The molecule has 0 heterocycles. The first-order chi connectivity index (χ1) is 9.45. The van der Waals surface area contributed by atoms with Crippen LogP contribution in [0.2, 0.25) is 0 Å². The lowest BCUT2D eigenvalue weighted by atomic mass is 10.1. The van der Waals surface area contributed by atoms with Crippen molar-refractivity contribution >= 4 is 38.6 Å². The van der Waals surface area contributed by atoms with Gasteiger partial charge in [-0.25, -0.2) is 0 Å². The molecule has 0 aliphatic heterocycles. The summed E-state index contributed by atoms with van der Waals surface area (Å²) in [5.74, 6) is -1.19. The zero-order valence-electron chi connectivity index (χ0n) is 10.9. The van der Waals surface area contributed by atoms with Gasteiger partial charge in [0.25, 0.3) is 5.91 Å². The van der Waals surface area contributed by atoms with Gasteiger partial charge in [0.1, 0.15) is 0 Å². The Morgan fingerprint density at radius 1 is 1.20 bits per heavy atom. The van der Waals surface area contributed by atoms with Crippen molar-refractivity contribution in [2.75, 3.05) is 0 Å². The number of halogens is 1. The molecule has 0 radical (unpaired) electrons. The summed E-state index contributed by atoms with van der Waals surface area (Å²) in [5, 5.41) is 13.4. The molecular weight excluding hydrogens is 322 g/mol. The zero-order chi connectivity index (χ0) is 14.7. The van der Waals surface area contributed by atoms with Gasteiger partial charge in [0.15, 0.2) is 0 Å². The van der Waals surface area contributed by atoms with E-state index in [2.05, 4.69) is 21.2 Å². The van der Waals surface area contributed by atoms with E-state index in [-0.39, 0.29) is 12.3 Å². The fraction of sp³-hybridized carbons (Fsp3) is 0.200. The second-order valence-electron chi connectivity index (χ2n) is 4.68. The van der Waals surface area contributed by atoms with Gasteiger partial charge in [-0.1, -0.05) is 28.1 Å². The van der Waals surface area contributed by atoms with Crippen LogP contribution < -0.4 is 5.32 Å². The fourth-order valence-electron chi connectivity index (χ4n) is 1.98. The Kier molecular flexibility index (Phi) is 4.39. The lowest BCUT2D eigenvalue weighted by Crippen LogP contribution is -2.34. The fourth-order valence-corrected chi connectivity index (χ4v) is 2.36. The van der Waals surface area contributed by atoms with Gasteiger partial charge < -0.3 is 10.4 Å². The molecule has 2 N–H and O–H groups in total. The number of hydrogen-bond acceptors (Lipinski definition) is 2. The Morgan fingerprint density at radius 3 is 2.55 bits per heavy atom. The van der Waals surface area contributed by atoms with Crippen molar-refractivity contribution in [3.8, 4) is 0 Å². The average Bonchev–Trinajstić information content (AvgIpc) is 2.36. The number of rotatable bonds is 4. The van der Waals surface area contributed by atoms with Crippen LogP contribution in [-0.2, 0) is 4.79 Å². The highest BCUT2D eigenvalue weighted by molar-refractivity contribution is 9.10. The number of fused-ring (bicyclic) bond motifs is 1. The Morgan fingerprint density at radius 2 is 1.85 bits per heavy atom. The van der Waals surface area contributed by atoms with Gasteiger partial charge in [-0.3, -0.25) is 9.59 Å². The van der Waals surface area contributed by atoms with Crippen molar-refractivity contribution in [3.05, 3.63) is 46.4 Å². The average molecular weight is 336 g/mol. The van der Waals surface area contributed by atoms with E-state index in [4.69, 9.17) is 5.11 Å². The quantitative estimate of drug-likeness (QED) is 0.901. The third kappa shape index (κ3) is 3.57. The predicted molar refractivity (Wildman–Crippen MR) is 80.8 cm³/mol. The van der Waals surface area contributed by atoms with Gasteiger partial charge in [0.05, 0.1) is 6.42 Å². The standard InChI is InChI=1S/C15H14BrNO3/c1-9(6-14(18)19)17-15(20)12-3-2-11-8-13(16)5-4-10(11)7-12/h2-5,7-9H,6H2,1H3,(H,17,20)(H,18,19).